The molecule has 19 heavy (non-hydrogen) atoms. The van der Waals surface area contributed by atoms with E-state index in [-0.39, 0.29) is 27.1 Å². The summed E-state index contributed by atoms with van der Waals surface area (Å²) in [5.74, 6) is -1.05. The van der Waals surface area contributed by atoms with Crippen LogP contribution >= 0.6 is 23.2 Å². The Bertz CT molecular complexity index is 593. The average molecular weight is 324 g/mol. The normalized spacial score (nSPS) is 18.3. The number of carbonyl (C=O) groups is 1. The number of aromatic carboxylic acids is 1. The van der Waals surface area contributed by atoms with Crippen molar-refractivity contribution in [1.29, 1.82) is 0 Å². The Morgan fingerprint density at radius 1 is 1.16 bits per heavy atom. The smallest absolute Gasteiger partial charge is 0.338 e. The first-order chi connectivity index (χ1) is 8.80. The summed E-state index contributed by atoms with van der Waals surface area (Å²) < 4.78 is 22.7. The number of rotatable bonds is 2. The minimum atomic E-state index is -2.97. The molecule has 1 N–H and O–H groups in total. The SMILES string of the molecule is O=C(O)c1c(Cl)cc(N2CCS(=O)(=O)CC2)cc1Cl. The molecule has 0 saturated carbocycles. The quantitative estimate of drug-likeness (QED) is 0.900. The molecule has 1 aliphatic heterocycles. The van der Waals surface area contributed by atoms with E-state index in [0.717, 1.165) is 0 Å². The molecule has 1 aliphatic rings. The van der Waals surface area contributed by atoms with Gasteiger partial charge in [0.2, 0.25) is 0 Å². The maximum absolute atomic E-state index is 11.3. The van der Waals surface area contributed by atoms with Gasteiger partial charge in [0, 0.05) is 18.8 Å². The molecule has 0 radical (unpaired) electrons. The molecule has 1 aromatic carbocycles. The van der Waals surface area contributed by atoms with Crippen LogP contribution in [0.3, 0.4) is 0 Å². The van der Waals surface area contributed by atoms with Crippen LogP contribution in [-0.4, -0.2) is 44.1 Å². The van der Waals surface area contributed by atoms with Crippen LogP contribution in [0.2, 0.25) is 10.0 Å². The molecule has 8 heteroatoms. The fraction of sp³-hybridized carbons (Fsp3) is 0.364. The summed E-state index contributed by atoms with van der Waals surface area (Å²) in [4.78, 5) is 12.8. The number of carboxylic acid groups (broad SMARTS) is 1. The molecule has 1 fully saturated rings. The summed E-state index contributed by atoms with van der Waals surface area (Å²) in [7, 11) is -2.97. The average Bonchev–Trinajstić information content (AvgIpc) is 2.27. The van der Waals surface area contributed by atoms with Crippen LogP contribution in [0.1, 0.15) is 10.4 Å². The summed E-state index contributed by atoms with van der Waals surface area (Å²) in [5.41, 5.74) is 0.492. The molecule has 0 amide bonds. The fourth-order valence-corrected chi connectivity index (χ4v) is 3.76. The van der Waals surface area contributed by atoms with Crippen molar-refractivity contribution in [3.8, 4) is 0 Å². The fourth-order valence-electron chi connectivity index (χ4n) is 1.92. The van der Waals surface area contributed by atoms with E-state index in [4.69, 9.17) is 28.3 Å². The van der Waals surface area contributed by atoms with Crippen LogP contribution < -0.4 is 4.90 Å². The highest BCUT2D eigenvalue weighted by atomic mass is 35.5. The Labute approximate surface area is 120 Å². The standard InChI is InChI=1S/C11H11Cl2NO4S/c12-8-5-7(6-9(13)10(8)11(15)16)14-1-3-19(17,18)4-2-14/h5-6H,1-4H2,(H,15,16). The minimum Gasteiger partial charge on any atom is -0.478 e. The highest BCUT2D eigenvalue weighted by Gasteiger charge is 2.23. The first-order valence-corrected chi connectivity index (χ1v) is 8.05. The summed E-state index contributed by atoms with van der Waals surface area (Å²) in [6, 6.07) is 2.99. The van der Waals surface area contributed by atoms with Gasteiger partial charge in [-0.15, -0.1) is 0 Å². The predicted octanol–water partition coefficient (Wildman–Crippen LogP) is 1.93. The summed E-state index contributed by atoms with van der Waals surface area (Å²) in [6.45, 7) is 0.697. The number of carboxylic acids is 1. The van der Waals surface area contributed by atoms with Gasteiger partial charge in [-0.2, -0.15) is 0 Å². The predicted molar refractivity (Wildman–Crippen MR) is 74.3 cm³/mol. The van der Waals surface area contributed by atoms with E-state index in [0.29, 0.717) is 18.8 Å². The third-order valence-corrected chi connectivity index (χ3v) is 5.16. The Balaban J connectivity index is 2.30. The van der Waals surface area contributed by atoms with Crippen molar-refractivity contribution in [2.75, 3.05) is 29.5 Å². The largest absolute Gasteiger partial charge is 0.478 e. The number of sulfone groups is 1. The van der Waals surface area contributed by atoms with Gasteiger partial charge < -0.3 is 10.0 Å². The summed E-state index contributed by atoms with van der Waals surface area (Å²) in [5, 5.41) is 9.04. The van der Waals surface area contributed by atoms with E-state index in [1.54, 1.807) is 0 Å². The van der Waals surface area contributed by atoms with Crippen LogP contribution in [0.4, 0.5) is 5.69 Å². The van der Waals surface area contributed by atoms with Gasteiger partial charge in [0.15, 0.2) is 9.84 Å². The molecule has 104 valence electrons. The van der Waals surface area contributed by atoms with E-state index in [9.17, 15) is 13.2 Å². The van der Waals surface area contributed by atoms with Crippen LogP contribution in [-0.2, 0) is 9.84 Å². The highest BCUT2D eigenvalue weighted by Crippen LogP contribution is 2.31. The Hall–Kier alpha value is -0.980. The molecule has 0 aromatic heterocycles. The van der Waals surface area contributed by atoms with Crippen molar-refractivity contribution in [1.82, 2.24) is 0 Å². The topological polar surface area (TPSA) is 74.7 Å². The molecule has 5 nitrogen and oxygen atoms in total. The zero-order chi connectivity index (χ0) is 14.2. The number of hydrogen-bond acceptors (Lipinski definition) is 4. The zero-order valence-corrected chi connectivity index (χ0v) is 12.1. The molecule has 1 aromatic rings. The first kappa shape index (κ1) is 14.4. The second-order valence-corrected chi connectivity index (χ2v) is 7.35. The lowest BCUT2D eigenvalue weighted by atomic mass is 10.2. The second kappa shape index (κ2) is 5.19. The molecule has 0 aliphatic carbocycles. The van der Waals surface area contributed by atoms with Crippen molar-refractivity contribution in [2.45, 2.75) is 0 Å². The number of halogens is 2. The zero-order valence-electron chi connectivity index (χ0n) is 9.77. The molecular formula is C11H11Cl2NO4S. The summed E-state index contributed by atoms with van der Waals surface area (Å²) in [6.07, 6.45) is 0. The van der Waals surface area contributed by atoms with Gasteiger partial charge >= 0.3 is 5.97 Å². The first-order valence-electron chi connectivity index (χ1n) is 5.48. The van der Waals surface area contributed by atoms with E-state index >= 15 is 0 Å². The second-order valence-electron chi connectivity index (χ2n) is 4.23. The molecule has 1 heterocycles. The van der Waals surface area contributed by atoms with Gasteiger partial charge in [-0.25, -0.2) is 13.2 Å². The molecule has 0 unspecified atom stereocenters. The van der Waals surface area contributed by atoms with Gasteiger partial charge in [0.05, 0.1) is 27.1 Å². The van der Waals surface area contributed by atoms with E-state index in [1.807, 2.05) is 4.90 Å². The third-order valence-electron chi connectivity index (χ3n) is 2.95. The van der Waals surface area contributed by atoms with Crippen molar-refractivity contribution in [3.05, 3.63) is 27.7 Å². The van der Waals surface area contributed by atoms with E-state index < -0.39 is 15.8 Å². The van der Waals surface area contributed by atoms with E-state index in [1.165, 1.54) is 12.1 Å². The molecule has 1 saturated heterocycles. The van der Waals surface area contributed by atoms with Crippen LogP contribution in [0.5, 0.6) is 0 Å². The van der Waals surface area contributed by atoms with Crippen molar-refractivity contribution < 1.29 is 18.3 Å². The monoisotopic (exact) mass is 323 g/mol. The van der Waals surface area contributed by atoms with Gasteiger partial charge in [-0.1, -0.05) is 23.2 Å². The number of anilines is 1. The lowest BCUT2D eigenvalue weighted by Gasteiger charge is -2.29. The molecule has 2 rings (SSSR count). The highest BCUT2D eigenvalue weighted by molar-refractivity contribution is 7.91. The van der Waals surface area contributed by atoms with Crippen LogP contribution in [0.25, 0.3) is 0 Å². The van der Waals surface area contributed by atoms with Crippen molar-refractivity contribution in [3.63, 3.8) is 0 Å². The van der Waals surface area contributed by atoms with Crippen molar-refractivity contribution >= 4 is 44.7 Å². The maximum atomic E-state index is 11.3. The van der Waals surface area contributed by atoms with Gasteiger partial charge in [0.25, 0.3) is 0 Å². The molecular weight excluding hydrogens is 313 g/mol. The number of benzene rings is 1. The van der Waals surface area contributed by atoms with Crippen molar-refractivity contribution in [2.24, 2.45) is 0 Å². The lowest BCUT2D eigenvalue weighted by molar-refractivity contribution is 0.0697. The molecule has 0 spiro atoms. The summed E-state index contributed by atoms with van der Waals surface area (Å²) >= 11 is 11.8. The Morgan fingerprint density at radius 2 is 1.63 bits per heavy atom. The number of hydrogen-bond donors (Lipinski definition) is 1. The van der Waals surface area contributed by atoms with Gasteiger partial charge in [-0.05, 0) is 12.1 Å². The lowest BCUT2D eigenvalue weighted by Crippen LogP contribution is -2.40. The Morgan fingerprint density at radius 3 is 2.05 bits per heavy atom. The molecule has 0 atom stereocenters. The Kier molecular flexibility index (Phi) is 3.94. The number of nitrogens with zero attached hydrogens (tertiary/aromatic N) is 1. The maximum Gasteiger partial charge on any atom is 0.338 e. The van der Waals surface area contributed by atoms with Crippen LogP contribution in [0, 0.1) is 0 Å². The van der Waals surface area contributed by atoms with Gasteiger partial charge in [-0.3, -0.25) is 0 Å². The van der Waals surface area contributed by atoms with E-state index in [2.05, 4.69) is 0 Å². The van der Waals surface area contributed by atoms with Gasteiger partial charge in [0.1, 0.15) is 0 Å². The molecule has 0 bridgehead atoms. The third kappa shape index (κ3) is 3.13. The minimum absolute atomic E-state index is 0.0448. The van der Waals surface area contributed by atoms with Crippen LogP contribution in [0.15, 0.2) is 12.1 Å².